The minimum Gasteiger partial charge on any atom is -0.481 e. The third kappa shape index (κ3) is 12.5. The number of rotatable bonds is 24. The highest BCUT2D eigenvalue weighted by Gasteiger charge is 2.65. The van der Waals surface area contributed by atoms with E-state index in [2.05, 4.69) is 38.2 Å². The van der Waals surface area contributed by atoms with Gasteiger partial charge in [-0.25, -0.2) is 0 Å². The predicted octanol–water partition coefficient (Wildman–Crippen LogP) is 8.23. The third-order valence-electron chi connectivity index (χ3n) is 15.4. The molecule has 0 heterocycles. The summed E-state index contributed by atoms with van der Waals surface area (Å²) in [5.74, 6) is 0.360. The minimum absolute atomic E-state index is 0.0289. The number of carboxylic acid groups (broad SMARTS) is 1. The summed E-state index contributed by atoms with van der Waals surface area (Å²) in [5, 5.41) is 44.2. The number of unbranched alkanes of at least 4 members (excludes halogenated alkanes) is 11. The number of amides is 1. The van der Waals surface area contributed by atoms with Crippen LogP contribution in [0.25, 0.3) is 0 Å². The van der Waals surface area contributed by atoms with Gasteiger partial charge >= 0.3 is 5.97 Å². The van der Waals surface area contributed by atoms with Crippen molar-refractivity contribution in [2.24, 2.45) is 46.3 Å². The number of allylic oxidation sites excluding steroid dienone is 2. The molecular weight excluding hydrogens is 719 g/mol. The molecular formula is C44H77NO9S. The van der Waals surface area contributed by atoms with Crippen molar-refractivity contribution in [1.29, 1.82) is 0 Å². The van der Waals surface area contributed by atoms with E-state index in [1.165, 1.54) is 0 Å². The molecule has 2 unspecified atom stereocenters. The third-order valence-corrected chi connectivity index (χ3v) is 16.6. The molecule has 0 saturated heterocycles. The zero-order valence-electron chi connectivity index (χ0n) is 34.4. The Balaban J connectivity index is 1.11. The maximum absolute atomic E-state index is 13.0. The SMILES string of the molecule is C[C@H](CCC(=O)NCC(CCCCCCCCC=CCCCCCCCC(=O)O)S(=O)(=O)O)[C@H]1CC[C@H]2[C@@H]3[C@H](O)CC4C[C@H](O)CC[C@]4(C)[C@H]3C[C@H](O)[C@]12C. The maximum atomic E-state index is 13.0. The maximum Gasteiger partial charge on any atom is 0.303 e. The zero-order valence-corrected chi connectivity index (χ0v) is 35.2. The van der Waals surface area contributed by atoms with Gasteiger partial charge in [-0.3, -0.25) is 14.1 Å². The highest BCUT2D eigenvalue weighted by molar-refractivity contribution is 7.86. The van der Waals surface area contributed by atoms with E-state index in [1.54, 1.807) is 0 Å². The molecule has 11 heteroatoms. The van der Waals surface area contributed by atoms with Crippen molar-refractivity contribution in [3.8, 4) is 0 Å². The molecule has 4 aliphatic carbocycles. The molecule has 4 fully saturated rings. The van der Waals surface area contributed by atoms with E-state index in [1.807, 2.05) is 0 Å². The van der Waals surface area contributed by atoms with Crippen LogP contribution in [0.5, 0.6) is 0 Å². The molecule has 4 saturated carbocycles. The predicted molar refractivity (Wildman–Crippen MR) is 217 cm³/mol. The molecule has 6 N–H and O–H groups in total. The monoisotopic (exact) mass is 796 g/mol. The molecule has 0 aromatic rings. The van der Waals surface area contributed by atoms with Gasteiger partial charge in [-0.2, -0.15) is 8.42 Å². The van der Waals surface area contributed by atoms with Gasteiger partial charge in [0.05, 0.1) is 18.3 Å². The van der Waals surface area contributed by atoms with Crippen molar-refractivity contribution in [1.82, 2.24) is 5.32 Å². The second-order valence-electron chi connectivity index (χ2n) is 18.9. The number of hydrogen-bond acceptors (Lipinski definition) is 7. The molecule has 12 atom stereocenters. The van der Waals surface area contributed by atoms with E-state index >= 15 is 0 Å². The number of fused-ring (bicyclic) bond motifs is 5. The fourth-order valence-electron chi connectivity index (χ4n) is 12.0. The van der Waals surface area contributed by atoms with Crippen LogP contribution < -0.4 is 5.32 Å². The highest BCUT2D eigenvalue weighted by Crippen LogP contribution is 2.68. The highest BCUT2D eigenvalue weighted by atomic mass is 32.2. The van der Waals surface area contributed by atoms with Crippen LogP contribution in [0.4, 0.5) is 0 Å². The summed E-state index contributed by atoms with van der Waals surface area (Å²) in [5.41, 5.74) is -0.308. The summed E-state index contributed by atoms with van der Waals surface area (Å²) in [6.45, 7) is 6.63. The molecule has 318 valence electrons. The standard InChI is InChI=1S/C44H77NO9S/c1-31(35-22-23-36-42-37(29-39(48)44(35,36)3)43(2)26-25-33(46)27-32(43)28-38(42)47)21-24-40(49)45-30-34(55(52,53)54)19-17-15-13-11-9-7-5-4-6-8-10-12-14-16-18-20-41(50)51/h4,6,31-39,42,46-48H,5,7-30H2,1-3H3,(H,45,49)(H,50,51)(H,52,53,54)/t31-,32?,33-,34?,35-,36+,37+,38-,39+,42+,43+,44-/m1/s1. The number of carbonyl (C=O) groups is 2. The number of carbonyl (C=O) groups excluding carboxylic acids is 1. The topological polar surface area (TPSA) is 181 Å². The Hall–Kier alpha value is -1.53. The van der Waals surface area contributed by atoms with Crippen LogP contribution in [-0.2, 0) is 19.7 Å². The molecule has 4 aliphatic rings. The van der Waals surface area contributed by atoms with Gasteiger partial charge in [-0.15, -0.1) is 0 Å². The Morgan fingerprint density at radius 1 is 0.782 bits per heavy atom. The summed E-state index contributed by atoms with van der Waals surface area (Å²) in [7, 11) is -4.29. The number of hydrogen-bond donors (Lipinski definition) is 6. The van der Waals surface area contributed by atoms with Crippen LogP contribution in [-0.4, -0.2) is 75.4 Å². The molecule has 0 aliphatic heterocycles. The summed E-state index contributed by atoms with van der Waals surface area (Å²) in [4.78, 5) is 23.5. The van der Waals surface area contributed by atoms with E-state index in [0.29, 0.717) is 25.7 Å². The summed E-state index contributed by atoms with van der Waals surface area (Å²) in [6.07, 6.45) is 23.7. The number of aliphatic hydroxyl groups excluding tert-OH is 3. The Morgan fingerprint density at radius 3 is 2.04 bits per heavy atom. The van der Waals surface area contributed by atoms with Crippen molar-refractivity contribution in [2.45, 2.75) is 198 Å². The lowest BCUT2D eigenvalue weighted by atomic mass is 9.43. The van der Waals surface area contributed by atoms with Crippen molar-refractivity contribution in [3.05, 3.63) is 12.2 Å². The van der Waals surface area contributed by atoms with Crippen LogP contribution in [0.1, 0.15) is 175 Å². The number of aliphatic carboxylic acids is 1. The Labute approximate surface area is 332 Å². The average Bonchev–Trinajstić information content (AvgIpc) is 3.48. The van der Waals surface area contributed by atoms with Gasteiger partial charge < -0.3 is 25.7 Å². The molecule has 0 aromatic carbocycles. The van der Waals surface area contributed by atoms with E-state index in [-0.39, 0.29) is 77.7 Å². The quantitative estimate of drug-likeness (QED) is 0.0319. The first-order valence-electron chi connectivity index (χ1n) is 22.2. The Bertz CT molecular complexity index is 1340. The van der Waals surface area contributed by atoms with Gasteiger partial charge in [-0.05, 0) is 136 Å². The molecule has 10 nitrogen and oxygen atoms in total. The van der Waals surface area contributed by atoms with Crippen molar-refractivity contribution >= 4 is 22.0 Å². The van der Waals surface area contributed by atoms with E-state index in [0.717, 1.165) is 116 Å². The Kier molecular flexibility index (Phi) is 18.0. The normalized spacial score (nSPS) is 34.5. The molecule has 0 aromatic heterocycles. The smallest absolute Gasteiger partial charge is 0.303 e. The second kappa shape index (κ2) is 21.5. The minimum atomic E-state index is -4.29. The summed E-state index contributed by atoms with van der Waals surface area (Å²) < 4.78 is 34.2. The first kappa shape index (κ1) is 46.2. The van der Waals surface area contributed by atoms with Crippen molar-refractivity contribution in [3.63, 3.8) is 0 Å². The van der Waals surface area contributed by atoms with Crippen LogP contribution in [0.15, 0.2) is 12.2 Å². The van der Waals surface area contributed by atoms with Crippen molar-refractivity contribution < 1.29 is 43.0 Å². The van der Waals surface area contributed by atoms with Crippen molar-refractivity contribution in [2.75, 3.05) is 6.54 Å². The molecule has 55 heavy (non-hydrogen) atoms. The van der Waals surface area contributed by atoms with Gasteiger partial charge in [-0.1, -0.05) is 84.3 Å². The first-order valence-corrected chi connectivity index (χ1v) is 23.7. The lowest BCUT2D eigenvalue weighted by Crippen LogP contribution is -2.62. The van der Waals surface area contributed by atoms with Gasteiger partial charge in [0, 0.05) is 19.4 Å². The van der Waals surface area contributed by atoms with Gasteiger partial charge in [0.1, 0.15) is 5.25 Å². The second-order valence-corrected chi connectivity index (χ2v) is 20.5. The molecule has 0 spiro atoms. The van der Waals surface area contributed by atoms with Gasteiger partial charge in [0.2, 0.25) is 5.91 Å². The fraction of sp³-hybridized carbons (Fsp3) is 0.909. The van der Waals surface area contributed by atoms with Crippen LogP contribution in [0, 0.1) is 46.3 Å². The summed E-state index contributed by atoms with van der Waals surface area (Å²) >= 11 is 0. The van der Waals surface area contributed by atoms with Crippen LogP contribution >= 0.6 is 0 Å². The van der Waals surface area contributed by atoms with Gasteiger partial charge in [0.25, 0.3) is 10.1 Å². The van der Waals surface area contributed by atoms with Gasteiger partial charge in [0.15, 0.2) is 0 Å². The van der Waals surface area contributed by atoms with E-state index in [4.69, 9.17) is 5.11 Å². The number of aliphatic hydroxyl groups is 3. The Morgan fingerprint density at radius 2 is 1.40 bits per heavy atom. The average molecular weight is 796 g/mol. The van der Waals surface area contributed by atoms with E-state index in [9.17, 15) is 37.9 Å². The molecule has 0 radical (unpaired) electrons. The summed E-state index contributed by atoms with van der Waals surface area (Å²) in [6, 6.07) is 0. The van der Waals surface area contributed by atoms with Crippen LogP contribution in [0.2, 0.25) is 0 Å². The number of carboxylic acids is 1. The lowest BCUT2D eigenvalue weighted by Gasteiger charge is -2.63. The zero-order chi connectivity index (χ0) is 40.2. The molecule has 0 bridgehead atoms. The van der Waals surface area contributed by atoms with Crippen LogP contribution in [0.3, 0.4) is 0 Å². The lowest BCUT2D eigenvalue weighted by molar-refractivity contribution is -0.207. The molecule has 4 rings (SSSR count). The molecule has 1 amide bonds. The number of nitrogens with one attached hydrogen (secondary N) is 1. The first-order chi connectivity index (χ1) is 26.1. The van der Waals surface area contributed by atoms with E-state index < -0.39 is 33.5 Å². The fourth-order valence-corrected chi connectivity index (χ4v) is 12.8. The largest absolute Gasteiger partial charge is 0.481 e.